The molecule has 3 heterocycles. The molecule has 0 bridgehead atoms. The molecule has 0 aliphatic carbocycles. The van der Waals surface area contributed by atoms with Crippen molar-refractivity contribution in [3.63, 3.8) is 0 Å². The Balaban J connectivity index is 1.45. The van der Waals surface area contributed by atoms with Gasteiger partial charge in [-0.1, -0.05) is 0 Å². The third-order valence-electron chi connectivity index (χ3n) is 7.18. The molecule has 0 saturated carbocycles. The van der Waals surface area contributed by atoms with Crippen LogP contribution in [0.1, 0.15) is 18.6 Å². The van der Waals surface area contributed by atoms with Gasteiger partial charge < -0.3 is 59.1 Å². The second-order valence-electron chi connectivity index (χ2n) is 9.82. The van der Waals surface area contributed by atoms with Gasteiger partial charge in [-0.05, 0) is 31.2 Å². The highest BCUT2D eigenvalue weighted by Gasteiger charge is 2.43. The molecule has 5 rings (SSSR count). The van der Waals surface area contributed by atoms with E-state index < -0.39 is 66.3 Å². The van der Waals surface area contributed by atoms with Crippen molar-refractivity contribution in [1.82, 2.24) is 0 Å². The Morgan fingerprint density at radius 3 is 2.27 bits per heavy atom. The molecular weight excluding hydrogens is 532 g/mol. The molecule has 3 aromatic rings. The van der Waals surface area contributed by atoms with E-state index >= 15 is 0 Å². The molecule has 2 aliphatic rings. The standard InChI is InChI=1S/C27H30O13/c1-10-20(31)22(33)24(35)27(38-10)39-12-5-3-11(4-6-12)16-7-13(28)18-17(40-16)8-14(29)19(25(18)36-2)26-23(34)21(32)15(30)9-37-26/h3-8,10,15,20-24,26-27,29-35H,9H2,1-2H3/t10-,15+,20-,21+,22-,23+,24-,26-,27-/m0/s1. The molecule has 0 radical (unpaired) electrons. The van der Waals surface area contributed by atoms with Gasteiger partial charge in [0.25, 0.3) is 0 Å². The van der Waals surface area contributed by atoms with Crippen molar-refractivity contribution in [2.45, 2.75) is 62.0 Å². The molecule has 9 atom stereocenters. The minimum Gasteiger partial charge on any atom is -0.507 e. The maximum atomic E-state index is 13.2. The minimum atomic E-state index is -1.61. The number of phenolic OH excluding ortho intramolecular Hbond substituents is 1. The maximum Gasteiger partial charge on any atom is 0.229 e. The Labute approximate surface area is 227 Å². The van der Waals surface area contributed by atoms with Crippen molar-refractivity contribution in [2.24, 2.45) is 0 Å². The number of rotatable bonds is 5. The second-order valence-corrected chi connectivity index (χ2v) is 9.82. The van der Waals surface area contributed by atoms with Crippen LogP contribution in [0.4, 0.5) is 0 Å². The lowest BCUT2D eigenvalue weighted by Gasteiger charge is -2.38. The predicted molar refractivity (Wildman–Crippen MR) is 136 cm³/mol. The zero-order valence-electron chi connectivity index (χ0n) is 21.4. The van der Waals surface area contributed by atoms with E-state index in [9.17, 15) is 40.5 Å². The first kappa shape index (κ1) is 28.3. The fourth-order valence-electron chi connectivity index (χ4n) is 4.92. The Morgan fingerprint density at radius 2 is 1.60 bits per heavy atom. The first-order valence-electron chi connectivity index (χ1n) is 12.5. The summed E-state index contributed by atoms with van der Waals surface area (Å²) in [6, 6.07) is 8.60. The summed E-state index contributed by atoms with van der Waals surface area (Å²) in [5.74, 6) is -0.117. The van der Waals surface area contributed by atoms with Gasteiger partial charge in [0.2, 0.25) is 6.29 Å². The van der Waals surface area contributed by atoms with E-state index in [-0.39, 0.29) is 40.4 Å². The summed E-state index contributed by atoms with van der Waals surface area (Å²) in [6.07, 6.45) is -11.9. The van der Waals surface area contributed by atoms with Crippen LogP contribution in [0.25, 0.3) is 22.3 Å². The van der Waals surface area contributed by atoms with Gasteiger partial charge in [-0.3, -0.25) is 4.79 Å². The highest BCUT2D eigenvalue weighted by Crippen LogP contribution is 2.44. The smallest absolute Gasteiger partial charge is 0.229 e. The Kier molecular flexibility index (Phi) is 7.74. The van der Waals surface area contributed by atoms with Gasteiger partial charge in [-0.2, -0.15) is 0 Å². The summed E-state index contributed by atoms with van der Waals surface area (Å²) in [6.45, 7) is 1.22. The quantitative estimate of drug-likeness (QED) is 0.210. The van der Waals surface area contributed by atoms with Crippen LogP contribution >= 0.6 is 0 Å². The summed E-state index contributed by atoms with van der Waals surface area (Å²) in [7, 11) is 1.26. The highest BCUT2D eigenvalue weighted by atomic mass is 16.7. The molecule has 1 aromatic heterocycles. The third-order valence-corrected chi connectivity index (χ3v) is 7.18. The maximum absolute atomic E-state index is 13.2. The summed E-state index contributed by atoms with van der Waals surface area (Å²) in [5.41, 5.74) is -0.159. The molecule has 40 heavy (non-hydrogen) atoms. The molecular formula is C27H30O13. The van der Waals surface area contributed by atoms with E-state index in [4.69, 9.17) is 23.4 Å². The Morgan fingerprint density at radius 1 is 0.900 bits per heavy atom. The molecule has 0 amide bonds. The van der Waals surface area contributed by atoms with Gasteiger partial charge in [0.05, 0.1) is 25.4 Å². The summed E-state index contributed by atoms with van der Waals surface area (Å²) >= 11 is 0. The lowest BCUT2D eigenvalue weighted by Crippen LogP contribution is -2.58. The molecule has 13 heteroatoms. The van der Waals surface area contributed by atoms with Gasteiger partial charge >= 0.3 is 0 Å². The van der Waals surface area contributed by atoms with E-state index in [1.54, 1.807) is 12.1 Å². The topological polar surface area (TPSA) is 209 Å². The number of phenols is 1. The van der Waals surface area contributed by atoms with Crippen LogP contribution in [0.15, 0.2) is 45.6 Å². The minimum absolute atomic E-state index is 0.0212. The van der Waals surface area contributed by atoms with E-state index in [2.05, 4.69) is 0 Å². The van der Waals surface area contributed by atoms with Gasteiger partial charge in [-0.25, -0.2) is 0 Å². The van der Waals surface area contributed by atoms with Crippen LogP contribution in [-0.4, -0.2) is 98.5 Å². The van der Waals surface area contributed by atoms with Gasteiger partial charge in [-0.15, -0.1) is 0 Å². The largest absolute Gasteiger partial charge is 0.507 e. The normalized spacial score (nSPS) is 32.6. The fourth-order valence-corrected chi connectivity index (χ4v) is 4.92. The molecule has 0 unspecified atom stereocenters. The predicted octanol–water partition coefficient (Wildman–Crippen LogP) is -0.466. The van der Waals surface area contributed by atoms with Crippen LogP contribution < -0.4 is 14.9 Å². The molecule has 0 spiro atoms. The lowest BCUT2D eigenvalue weighted by molar-refractivity contribution is -0.268. The van der Waals surface area contributed by atoms with Gasteiger partial charge in [0.15, 0.2) is 5.43 Å². The average Bonchev–Trinajstić information content (AvgIpc) is 2.93. The summed E-state index contributed by atoms with van der Waals surface area (Å²) < 4.78 is 27.8. The zero-order chi connectivity index (χ0) is 28.9. The molecule has 7 N–H and O–H groups in total. The van der Waals surface area contributed by atoms with Crippen molar-refractivity contribution >= 4 is 11.0 Å². The number of hydrogen-bond acceptors (Lipinski definition) is 13. The number of benzene rings is 2. The number of aromatic hydroxyl groups is 1. The van der Waals surface area contributed by atoms with Crippen molar-refractivity contribution in [3.8, 4) is 28.6 Å². The number of fused-ring (bicyclic) bond motifs is 1. The van der Waals surface area contributed by atoms with Crippen LogP contribution in [-0.2, 0) is 9.47 Å². The van der Waals surface area contributed by atoms with E-state index in [1.807, 2.05) is 0 Å². The van der Waals surface area contributed by atoms with Gasteiger partial charge in [0.1, 0.15) is 76.7 Å². The number of ether oxygens (including phenoxy) is 4. The van der Waals surface area contributed by atoms with Crippen LogP contribution in [0.3, 0.4) is 0 Å². The lowest BCUT2D eigenvalue weighted by atomic mass is 9.92. The van der Waals surface area contributed by atoms with Gasteiger partial charge in [0, 0.05) is 17.7 Å². The molecule has 2 aromatic carbocycles. The first-order valence-corrected chi connectivity index (χ1v) is 12.5. The number of aliphatic hydroxyl groups is 6. The van der Waals surface area contributed by atoms with E-state index in [1.165, 1.54) is 38.3 Å². The zero-order valence-corrected chi connectivity index (χ0v) is 21.4. The van der Waals surface area contributed by atoms with Crippen molar-refractivity contribution < 1.29 is 59.1 Å². The molecule has 2 saturated heterocycles. The van der Waals surface area contributed by atoms with Crippen LogP contribution in [0.2, 0.25) is 0 Å². The van der Waals surface area contributed by atoms with Crippen LogP contribution in [0, 0.1) is 0 Å². The Bertz CT molecular complexity index is 1420. The SMILES string of the molecule is COc1c([C@@H]2OC[C@@H](O)[C@@H](O)[C@H]2O)c(O)cc2oc(-c3ccc(O[C@@H]4O[C@@H](C)[C@H](O)[C@H](O)[C@@H]4O)cc3)cc(=O)c12. The van der Waals surface area contributed by atoms with Crippen LogP contribution in [0.5, 0.6) is 17.2 Å². The van der Waals surface area contributed by atoms with Crippen molar-refractivity contribution in [2.75, 3.05) is 13.7 Å². The number of methoxy groups -OCH3 is 1. The summed E-state index contributed by atoms with van der Waals surface area (Å²) in [4.78, 5) is 13.2. The second kappa shape index (κ2) is 11.0. The Hall–Kier alpha value is -3.27. The molecule has 2 aliphatic heterocycles. The number of hydrogen-bond donors (Lipinski definition) is 7. The third kappa shape index (κ3) is 4.91. The highest BCUT2D eigenvalue weighted by molar-refractivity contribution is 5.88. The molecule has 216 valence electrons. The summed E-state index contributed by atoms with van der Waals surface area (Å²) in [5, 5.41) is 71.1. The van der Waals surface area contributed by atoms with Crippen molar-refractivity contribution in [3.05, 3.63) is 52.2 Å². The first-order chi connectivity index (χ1) is 19.0. The fraction of sp³-hybridized carbons (Fsp3) is 0.444. The molecule has 13 nitrogen and oxygen atoms in total. The monoisotopic (exact) mass is 562 g/mol. The van der Waals surface area contributed by atoms with Crippen molar-refractivity contribution in [1.29, 1.82) is 0 Å². The average molecular weight is 563 g/mol. The van der Waals surface area contributed by atoms with E-state index in [0.717, 1.165) is 0 Å². The molecule has 2 fully saturated rings. The van der Waals surface area contributed by atoms with E-state index in [0.29, 0.717) is 5.56 Å². The number of aliphatic hydroxyl groups excluding tert-OH is 6.